The fourth-order valence-electron chi connectivity index (χ4n) is 3.24. The van der Waals surface area contributed by atoms with Crippen LogP contribution in [0.25, 0.3) is 0 Å². The third kappa shape index (κ3) is 3.34. The summed E-state index contributed by atoms with van der Waals surface area (Å²) in [7, 11) is 1.69. The summed E-state index contributed by atoms with van der Waals surface area (Å²) >= 11 is 0. The van der Waals surface area contributed by atoms with Gasteiger partial charge in [0.05, 0.1) is 6.54 Å². The summed E-state index contributed by atoms with van der Waals surface area (Å²) in [6.45, 7) is 4.44. The summed E-state index contributed by atoms with van der Waals surface area (Å²) in [6, 6.07) is 5.97. The normalized spacial score (nSPS) is 18.5. The minimum absolute atomic E-state index is 0.116. The zero-order valence-corrected chi connectivity index (χ0v) is 14.6. The van der Waals surface area contributed by atoms with Crippen molar-refractivity contribution in [2.75, 3.05) is 27.1 Å². The number of ether oxygens (including phenoxy) is 4. The highest BCUT2D eigenvalue weighted by Crippen LogP contribution is 2.33. The topological polar surface area (TPSA) is 67.6 Å². The molecule has 134 valence electrons. The van der Waals surface area contributed by atoms with E-state index in [0.717, 1.165) is 54.8 Å². The Morgan fingerprint density at radius 1 is 1.24 bits per heavy atom. The molecule has 0 N–H and O–H groups in total. The number of hydrogen-bond donors (Lipinski definition) is 0. The molecule has 0 aliphatic carbocycles. The molecular weight excluding hydrogens is 322 g/mol. The zero-order valence-electron chi connectivity index (χ0n) is 14.6. The van der Waals surface area contributed by atoms with Gasteiger partial charge in [0.25, 0.3) is 0 Å². The second-order valence-corrected chi connectivity index (χ2v) is 6.44. The van der Waals surface area contributed by atoms with Crippen LogP contribution in [0.15, 0.2) is 18.2 Å². The number of hydrogen-bond acceptors (Lipinski definition) is 6. The molecule has 0 saturated carbocycles. The van der Waals surface area contributed by atoms with Crippen LogP contribution in [0.2, 0.25) is 0 Å². The second-order valence-electron chi connectivity index (χ2n) is 6.44. The fourth-order valence-corrected chi connectivity index (χ4v) is 3.24. The predicted molar refractivity (Wildman–Crippen MR) is 89.9 cm³/mol. The van der Waals surface area contributed by atoms with E-state index in [1.54, 1.807) is 7.11 Å². The highest BCUT2D eigenvalue weighted by atomic mass is 16.7. The Balaban J connectivity index is 1.61. The molecule has 7 heteroatoms. The van der Waals surface area contributed by atoms with Gasteiger partial charge in [0.2, 0.25) is 6.79 Å². The molecule has 25 heavy (non-hydrogen) atoms. The first-order valence-electron chi connectivity index (χ1n) is 8.68. The van der Waals surface area contributed by atoms with Crippen molar-refractivity contribution in [3.8, 4) is 11.5 Å². The van der Waals surface area contributed by atoms with Crippen molar-refractivity contribution in [2.45, 2.75) is 38.3 Å². The summed E-state index contributed by atoms with van der Waals surface area (Å²) in [5, 5.41) is 4.79. The smallest absolute Gasteiger partial charge is 0.231 e. The maximum absolute atomic E-state index is 5.50. The lowest BCUT2D eigenvalue weighted by atomic mass is 10.00. The van der Waals surface area contributed by atoms with Crippen LogP contribution in [0.1, 0.15) is 49.0 Å². The molecule has 0 radical (unpaired) electrons. The van der Waals surface area contributed by atoms with Gasteiger partial charge in [0.1, 0.15) is 6.10 Å². The molecule has 3 heterocycles. The maximum atomic E-state index is 5.50. The van der Waals surface area contributed by atoms with Crippen molar-refractivity contribution in [1.29, 1.82) is 0 Å². The summed E-state index contributed by atoms with van der Waals surface area (Å²) in [4.78, 5) is 4.79. The van der Waals surface area contributed by atoms with Crippen LogP contribution in [0, 0.1) is 0 Å². The molecule has 0 unspecified atom stereocenters. The molecule has 7 nitrogen and oxygen atoms in total. The van der Waals surface area contributed by atoms with Crippen LogP contribution in [-0.4, -0.2) is 41.9 Å². The highest BCUT2D eigenvalue weighted by molar-refractivity contribution is 5.44. The average molecular weight is 345 g/mol. The monoisotopic (exact) mass is 345 g/mol. The van der Waals surface area contributed by atoms with Crippen LogP contribution >= 0.6 is 0 Å². The quantitative estimate of drug-likeness (QED) is 0.830. The van der Waals surface area contributed by atoms with Gasteiger partial charge < -0.3 is 18.9 Å². The van der Waals surface area contributed by atoms with E-state index in [0.29, 0.717) is 12.5 Å². The fraction of sp³-hybridized carbons (Fsp3) is 0.556. The van der Waals surface area contributed by atoms with Crippen LogP contribution < -0.4 is 9.47 Å². The van der Waals surface area contributed by atoms with E-state index in [4.69, 9.17) is 29.0 Å². The Morgan fingerprint density at radius 3 is 2.84 bits per heavy atom. The summed E-state index contributed by atoms with van der Waals surface area (Å²) in [5.41, 5.74) is 1.09. The van der Waals surface area contributed by atoms with E-state index >= 15 is 0 Å². The molecule has 0 bridgehead atoms. The Labute approximate surface area is 146 Å². The summed E-state index contributed by atoms with van der Waals surface area (Å²) in [5.74, 6) is 3.67. The van der Waals surface area contributed by atoms with E-state index in [2.05, 4.69) is 0 Å². The van der Waals surface area contributed by atoms with Gasteiger partial charge in [-0.15, -0.1) is 0 Å². The van der Waals surface area contributed by atoms with E-state index in [1.807, 2.05) is 29.8 Å². The van der Waals surface area contributed by atoms with E-state index in [9.17, 15) is 0 Å². The molecule has 2 aliphatic rings. The minimum atomic E-state index is -0.116. The number of methoxy groups -OCH3 is 1. The van der Waals surface area contributed by atoms with Crippen molar-refractivity contribution in [3.05, 3.63) is 35.4 Å². The van der Waals surface area contributed by atoms with Crippen molar-refractivity contribution in [1.82, 2.24) is 14.8 Å². The molecule has 1 aromatic carbocycles. The first kappa shape index (κ1) is 16.4. The lowest BCUT2D eigenvalue weighted by Crippen LogP contribution is -2.15. The van der Waals surface area contributed by atoms with Gasteiger partial charge in [-0.3, -0.25) is 0 Å². The van der Waals surface area contributed by atoms with Crippen molar-refractivity contribution >= 4 is 0 Å². The van der Waals surface area contributed by atoms with E-state index in [1.165, 1.54) is 0 Å². The Kier molecular flexibility index (Phi) is 4.59. The Hall–Kier alpha value is -2.12. The SMILES string of the molecule is CO[C@H](C)c1nc(C2CCOCC2)nn1Cc1ccc2c(c1)OCO2. The molecule has 2 aromatic rings. The van der Waals surface area contributed by atoms with Gasteiger partial charge in [-0.2, -0.15) is 5.10 Å². The van der Waals surface area contributed by atoms with Crippen LogP contribution in [0.5, 0.6) is 11.5 Å². The lowest BCUT2D eigenvalue weighted by Gasteiger charge is -2.18. The third-order valence-electron chi connectivity index (χ3n) is 4.79. The van der Waals surface area contributed by atoms with E-state index < -0.39 is 0 Å². The standard InChI is InChI=1S/C18H23N3O4/c1-12(22-2)18-19-17(14-5-7-23-8-6-14)20-21(18)10-13-3-4-15-16(9-13)25-11-24-15/h3-4,9,12,14H,5-8,10-11H2,1-2H3/t12-/m1/s1. The van der Waals surface area contributed by atoms with Gasteiger partial charge >= 0.3 is 0 Å². The van der Waals surface area contributed by atoms with Crippen molar-refractivity contribution in [3.63, 3.8) is 0 Å². The third-order valence-corrected chi connectivity index (χ3v) is 4.79. The molecule has 1 aromatic heterocycles. The molecule has 0 amide bonds. The van der Waals surface area contributed by atoms with Crippen molar-refractivity contribution in [2.24, 2.45) is 0 Å². The molecule has 1 atom stereocenters. The Morgan fingerprint density at radius 2 is 2.04 bits per heavy atom. The van der Waals surface area contributed by atoms with Crippen LogP contribution in [0.4, 0.5) is 0 Å². The van der Waals surface area contributed by atoms with Crippen molar-refractivity contribution < 1.29 is 18.9 Å². The lowest BCUT2D eigenvalue weighted by molar-refractivity contribution is 0.0834. The number of fused-ring (bicyclic) bond motifs is 1. The zero-order chi connectivity index (χ0) is 17.2. The molecular formula is C18H23N3O4. The average Bonchev–Trinajstić information content (AvgIpc) is 3.28. The number of rotatable bonds is 5. The maximum Gasteiger partial charge on any atom is 0.231 e. The predicted octanol–water partition coefficient (Wildman–Crippen LogP) is 2.66. The van der Waals surface area contributed by atoms with Gasteiger partial charge in [-0.25, -0.2) is 9.67 Å². The number of benzene rings is 1. The van der Waals surface area contributed by atoms with Gasteiger partial charge in [0.15, 0.2) is 23.1 Å². The Bertz CT molecular complexity index is 740. The molecule has 2 aliphatic heterocycles. The first-order chi connectivity index (χ1) is 12.2. The van der Waals surface area contributed by atoms with Crippen LogP contribution in [0.3, 0.4) is 0 Å². The first-order valence-corrected chi connectivity index (χ1v) is 8.68. The molecule has 1 fully saturated rings. The van der Waals surface area contributed by atoms with E-state index in [-0.39, 0.29) is 12.9 Å². The number of aromatic nitrogens is 3. The van der Waals surface area contributed by atoms with Gasteiger partial charge in [0, 0.05) is 26.2 Å². The van der Waals surface area contributed by atoms with Crippen LogP contribution in [-0.2, 0) is 16.0 Å². The molecule has 1 saturated heterocycles. The van der Waals surface area contributed by atoms with Gasteiger partial charge in [-0.1, -0.05) is 6.07 Å². The van der Waals surface area contributed by atoms with Gasteiger partial charge in [-0.05, 0) is 37.5 Å². The summed E-state index contributed by atoms with van der Waals surface area (Å²) < 4.78 is 23.7. The minimum Gasteiger partial charge on any atom is -0.454 e. The number of nitrogens with zero attached hydrogens (tertiary/aromatic N) is 3. The molecule has 4 rings (SSSR count). The second kappa shape index (κ2) is 7.01. The molecule has 0 spiro atoms. The highest BCUT2D eigenvalue weighted by Gasteiger charge is 2.24. The largest absolute Gasteiger partial charge is 0.454 e. The summed E-state index contributed by atoms with van der Waals surface area (Å²) in [6.07, 6.45) is 1.82.